The number of benzene rings is 2. The first kappa shape index (κ1) is 13.9. The molecular formula is C16H15N3O3. The molecule has 0 amide bonds. The van der Waals surface area contributed by atoms with E-state index in [2.05, 4.69) is 15.2 Å². The van der Waals surface area contributed by atoms with Gasteiger partial charge in [0.15, 0.2) is 23.1 Å². The van der Waals surface area contributed by atoms with E-state index in [0.29, 0.717) is 29.6 Å². The zero-order valence-electron chi connectivity index (χ0n) is 11.9. The highest BCUT2D eigenvalue weighted by Gasteiger charge is 2.11. The van der Waals surface area contributed by atoms with Crippen molar-refractivity contribution < 1.29 is 14.9 Å². The molecule has 2 aromatic carbocycles. The molecule has 0 atom stereocenters. The molecule has 0 unspecified atom stereocenters. The second-order valence-corrected chi connectivity index (χ2v) is 4.67. The van der Waals surface area contributed by atoms with Crippen LogP contribution in [0.15, 0.2) is 42.5 Å². The molecule has 1 heterocycles. The molecule has 6 heteroatoms. The number of aromatic nitrogens is 3. The Balaban J connectivity index is 1.95. The second kappa shape index (κ2) is 5.77. The van der Waals surface area contributed by atoms with Gasteiger partial charge in [-0.2, -0.15) is 5.10 Å². The quantitative estimate of drug-likeness (QED) is 0.688. The molecular weight excluding hydrogens is 282 g/mol. The van der Waals surface area contributed by atoms with Gasteiger partial charge in [0, 0.05) is 11.1 Å². The Morgan fingerprint density at radius 2 is 1.95 bits per heavy atom. The van der Waals surface area contributed by atoms with Gasteiger partial charge in [-0.15, -0.1) is 0 Å². The highest BCUT2D eigenvalue weighted by Crippen LogP contribution is 2.31. The van der Waals surface area contributed by atoms with Crippen LogP contribution in [-0.2, 0) is 0 Å². The number of H-pyrrole nitrogens is 1. The highest BCUT2D eigenvalue weighted by molar-refractivity contribution is 5.64. The van der Waals surface area contributed by atoms with E-state index in [9.17, 15) is 10.2 Å². The number of phenolic OH excluding ortho intramolecular Hbond substituents is 2. The predicted octanol–water partition coefficient (Wildman–Crippen LogP) is 2.95. The first-order chi connectivity index (χ1) is 10.7. The lowest BCUT2D eigenvalue weighted by molar-refractivity contribution is 0.318. The fraction of sp³-hybridized carbons (Fsp3) is 0.125. The van der Waals surface area contributed by atoms with E-state index < -0.39 is 0 Å². The summed E-state index contributed by atoms with van der Waals surface area (Å²) in [5.74, 6) is 1.68. The number of ether oxygens (including phenoxy) is 1. The minimum absolute atomic E-state index is 0.0818. The minimum atomic E-state index is 0.0818. The van der Waals surface area contributed by atoms with E-state index in [1.807, 2.05) is 13.0 Å². The molecule has 22 heavy (non-hydrogen) atoms. The number of hydrogen-bond acceptors (Lipinski definition) is 5. The first-order valence-electron chi connectivity index (χ1n) is 6.85. The van der Waals surface area contributed by atoms with E-state index in [1.54, 1.807) is 36.4 Å². The zero-order valence-corrected chi connectivity index (χ0v) is 11.9. The van der Waals surface area contributed by atoms with Crippen LogP contribution >= 0.6 is 0 Å². The zero-order chi connectivity index (χ0) is 15.5. The molecule has 3 N–H and O–H groups in total. The van der Waals surface area contributed by atoms with Crippen molar-refractivity contribution in [1.82, 2.24) is 15.2 Å². The van der Waals surface area contributed by atoms with Crippen LogP contribution in [0.5, 0.6) is 17.2 Å². The van der Waals surface area contributed by atoms with Gasteiger partial charge in [0.1, 0.15) is 5.75 Å². The van der Waals surface area contributed by atoms with Crippen molar-refractivity contribution in [1.29, 1.82) is 0 Å². The van der Waals surface area contributed by atoms with Gasteiger partial charge in [0.25, 0.3) is 0 Å². The number of rotatable bonds is 4. The van der Waals surface area contributed by atoms with Crippen LogP contribution < -0.4 is 4.74 Å². The summed E-state index contributed by atoms with van der Waals surface area (Å²) in [7, 11) is 0. The summed E-state index contributed by atoms with van der Waals surface area (Å²) >= 11 is 0. The lowest BCUT2D eigenvalue weighted by Gasteiger charge is -2.06. The Labute approximate surface area is 127 Å². The third-order valence-corrected chi connectivity index (χ3v) is 3.12. The summed E-state index contributed by atoms with van der Waals surface area (Å²) in [4.78, 5) is 4.41. The van der Waals surface area contributed by atoms with Crippen LogP contribution in [0.25, 0.3) is 22.8 Å². The molecule has 1 aromatic heterocycles. The molecule has 0 aliphatic rings. The summed E-state index contributed by atoms with van der Waals surface area (Å²) in [5.41, 5.74) is 1.46. The van der Waals surface area contributed by atoms with Crippen LogP contribution in [0, 0.1) is 0 Å². The number of hydrogen-bond donors (Lipinski definition) is 3. The topological polar surface area (TPSA) is 91.3 Å². The van der Waals surface area contributed by atoms with Crippen LogP contribution in [-0.4, -0.2) is 32.0 Å². The van der Waals surface area contributed by atoms with Crippen molar-refractivity contribution in [2.45, 2.75) is 6.92 Å². The van der Waals surface area contributed by atoms with Gasteiger partial charge in [-0.25, -0.2) is 4.98 Å². The van der Waals surface area contributed by atoms with Crippen LogP contribution in [0.1, 0.15) is 6.92 Å². The standard InChI is InChI=1S/C16H15N3O3/c1-2-22-14-9-11(6-7-13(14)21)16-17-15(18-19-16)10-4-3-5-12(20)8-10/h3-9,20-21H,2H2,1H3,(H,17,18,19). The van der Waals surface area contributed by atoms with Gasteiger partial charge in [0.05, 0.1) is 6.61 Å². The van der Waals surface area contributed by atoms with Crippen molar-refractivity contribution in [3.05, 3.63) is 42.5 Å². The van der Waals surface area contributed by atoms with Gasteiger partial charge in [-0.05, 0) is 37.3 Å². The summed E-state index contributed by atoms with van der Waals surface area (Å²) in [6, 6.07) is 11.7. The van der Waals surface area contributed by atoms with Crippen molar-refractivity contribution in [3.8, 4) is 40.0 Å². The maximum atomic E-state index is 9.73. The molecule has 0 aliphatic carbocycles. The fourth-order valence-corrected chi connectivity index (χ4v) is 2.10. The Kier molecular flexibility index (Phi) is 3.65. The van der Waals surface area contributed by atoms with E-state index in [-0.39, 0.29) is 11.5 Å². The second-order valence-electron chi connectivity index (χ2n) is 4.67. The van der Waals surface area contributed by atoms with Gasteiger partial charge in [0.2, 0.25) is 0 Å². The third-order valence-electron chi connectivity index (χ3n) is 3.12. The van der Waals surface area contributed by atoms with Gasteiger partial charge >= 0.3 is 0 Å². The van der Waals surface area contributed by atoms with Crippen molar-refractivity contribution in [2.24, 2.45) is 0 Å². The molecule has 0 spiro atoms. The monoisotopic (exact) mass is 297 g/mol. The number of aromatic hydroxyl groups is 2. The van der Waals surface area contributed by atoms with E-state index in [0.717, 1.165) is 5.56 Å². The van der Waals surface area contributed by atoms with Crippen LogP contribution in [0.3, 0.4) is 0 Å². The highest BCUT2D eigenvalue weighted by atomic mass is 16.5. The smallest absolute Gasteiger partial charge is 0.181 e. The largest absolute Gasteiger partial charge is 0.508 e. The van der Waals surface area contributed by atoms with Crippen LogP contribution in [0.2, 0.25) is 0 Å². The van der Waals surface area contributed by atoms with Gasteiger partial charge < -0.3 is 14.9 Å². The number of nitrogens with one attached hydrogen (secondary N) is 1. The van der Waals surface area contributed by atoms with Gasteiger partial charge in [-0.3, -0.25) is 5.10 Å². The first-order valence-corrected chi connectivity index (χ1v) is 6.85. The third kappa shape index (κ3) is 2.71. The van der Waals surface area contributed by atoms with Crippen LogP contribution in [0.4, 0.5) is 0 Å². The Bertz CT molecular complexity index is 799. The number of nitrogens with zero attached hydrogens (tertiary/aromatic N) is 2. The number of phenols is 2. The van der Waals surface area contributed by atoms with E-state index in [4.69, 9.17) is 4.74 Å². The molecule has 0 bridgehead atoms. The Morgan fingerprint density at radius 3 is 2.73 bits per heavy atom. The molecule has 112 valence electrons. The lowest BCUT2D eigenvalue weighted by Crippen LogP contribution is -1.92. The molecule has 3 aromatic rings. The van der Waals surface area contributed by atoms with E-state index in [1.165, 1.54) is 0 Å². The van der Waals surface area contributed by atoms with E-state index >= 15 is 0 Å². The summed E-state index contributed by atoms with van der Waals surface area (Å²) in [6.45, 7) is 2.31. The molecule has 6 nitrogen and oxygen atoms in total. The summed E-state index contributed by atoms with van der Waals surface area (Å²) in [5, 5.41) is 26.2. The molecule has 0 aliphatic heterocycles. The maximum absolute atomic E-state index is 9.73. The van der Waals surface area contributed by atoms with Gasteiger partial charge in [-0.1, -0.05) is 12.1 Å². The predicted molar refractivity (Wildman–Crippen MR) is 81.8 cm³/mol. The Hall–Kier alpha value is -3.02. The normalized spacial score (nSPS) is 10.6. The maximum Gasteiger partial charge on any atom is 0.181 e. The molecule has 0 fully saturated rings. The average Bonchev–Trinajstić information content (AvgIpc) is 3.00. The van der Waals surface area contributed by atoms with Crippen molar-refractivity contribution >= 4 is 0 Å². The average molecular weight is 297 g/mol. The lowest BCUT2D eigenvalue weighted by atomic mass is 10.2. The fourth-order valence-electron chi connectivity index (χ4n) is 2.10. The Morgan fingerprint density at radius 1 is 1.09 bits per heavy atom. The van der Waals surface area contributed by atoms with Crippen molar-refractivity contribution in [2.75, 3.05) is 6.61 Å². The summed E-state index contributed by atoms with van der Waals surface area (Å²) < 4.78 is 5.36. The molecule has 0 radical (unpaired) electrons. The number of aromatic amines is 1. The molecule has 0 saturated carbocycles. The minimum Gasteiger partial charge on any atom is -0.508 e. The summed E-state index contributed by atoms with van der Waals surface area (Å²) in [6.07, 6.45) is 0. The molecule has 0 saturated heterocycles. The molecule has 3 rings (SSSR count). The SMILES string of the molecule is CCOc1cc(-c2nc(-c3cccc(O)c3)n[nH]2)ccc1O. The van der Waals surface area contributed by atoms with Crippen molar-refractivity contribution in [3.63, 3.8) is 0 Å².